The van der Waals surface area contributed by atoms with Crippen molar-refractivity contribution >= 4 is 15.9 Å². The van der Waals surface area contributed by atoms with E-state index < -0.39 is 38.0 Å². The summed E-state index contributed by atoms with van der Waals surface area (Å²) in [6, 6.07) is 1.35. The van der Waals surface area contributed by atoms with Crippen molar-refractivity contribution in [2.45, 2.75) is 11.8 Å². The SMILES string of the molecule is COCC(C)CNC(=O)c1c(F)ccc(S(N)(=O)=O)c1F. The molecule has 0 aliphatic heterocycles. The van der Waals surface area contributed by atoms with Gasteiger partial charge < -0.3 is 10.1 Å². The third-order valence-corrected chi connectivity index (χ3v) is 3.58. The lowest BCUT2D eigenvalue weighted by atomic mass is 10.1. The number of methoxy groups -OCH3 is 1. The molecule has 6 nitrogen and oxygen atoms in total. The smallest absolute Gasteiger partial charge is 0.257 e. The molecule has 0 spiro atoms. The zero-order valence-electron chi connectivity index (χ0n) is 11.5. The Hall–Kier alpha value is -1.58. The van der Waals surface area contributed by atoms with Crippen LogP contribution in [0.15, 0.2) is 17.0 Å². The number of halogens is 2. The van der Waals surface area contributed by atoms with Gasteiger partial charge >= 0.3 is 0 Å². The molecule has 0 aliphatic carbocycles. The van der Waals surface area contributed by atoms with Gasteiger partial charge in [-0.1, -0.05) is 6.92 Å². The van der Waals surface area contributed by atoms with Gasteiger partial charge in [-0.2, -0.15) is 0 Å². The summed E-state index contributed by atoms with van der Waals surface area (Å²) in [4.78, 5) is 10.9. The minimum Gasteiger partial charge on any atom is -0.384 e. The summed E-state index contributed by atoms with van der Waals surface area (Å²) in [6.45, 7) is 2.23. The van der Waals surface area contributed by atoms with Gasteiger partial charge in [0.1, 0.15) is 16.3 Å². The molecule has 1 rings (SSSR count). The van der Waals surface area contributed by atoms with Gasteiger partial charge in [-0.3, -0.25) is 4.79 Å². The van der Waals surface area contributed by atoms with E-state index in [4.69, 9.17) is 9.88 Å². The molecule has 0 heterocycles. The maximum Gasteiger partial charge on any atom is 0.257 e. The summed E-state index contributed by atoms with van der Waals surface area (Å²) in [5.41, 5.74) is -0.980. The van der Waals surface area contributed by atoms with Crippen LogP contribution in [-0.4, -0.2) is 34.6 Å². The molecule has 0 radical (unpaired) electrons. The number of primary sulfonamides is 1. The fourth-order valence-corrected chi connectivity index (χ4v) is 2.27. The third kappa shape index (κ3) is 4.45. The summed E-state index contributed by atoms with van der Waals surface area (Å²) in [7, 11) is -2.91. The van der Waals surface area contributed by atoms with E-state index in [2.05, 4.69) is 5.32 Å². The van der Waals surface area contributed by atoms with Crippen LogP contribution >= 0.6 is 0 Å². The van der Waals surface area contributed by atoms with Gasteiger partial charge in [-0.25, -0.2) is 22.3 Å². The van der Waals surface area contributed by atoms with E-state index in [9.17, 15) is 22.0 Å². The topological polar surface area (TPSA) is 98.5 Å². The first kappa shape index (κ1) is 17.5. The van der Waals surface area contributed by atoms with Crippen LogP contribution in [0.25, 0.3) is 0 Å². The Morgan fingerprint density at radius 3 is 2.57 bits per heavy atom. The van der Waals surface area contributed by atoms with Crippen molar-refractivity contribution < 1.29 is 26.7 Å². The third-order valence-electron chi connectivity index (χ3n) is 2.65. The molecule has 3 N–H and O–H groups in total. The van der Waals surface area contributed by atoms with Crippen LogP contribution in [0.5, 0.6) is 0 Å². The molecule has 0 bridgehead atoms. The molecule has 1 aromatic carbocycles. The highest BCUT2D eigenvalue weighted by molar-refractivity contribution is 7.89. The van der Waals surface area contributed by atoms with Crippen LogP contribution in [0.3, 0.4) is 0 Å². The number of hydrogen-bond acceptors (Lipinski definition) is 4. The first-order valence-electron chi connectivity index (χ1n) is 5.96. The lowest BCUT2D eigenvalue weighted by Gasteiger charge is -2.13. The summed E-state index contributed by atoms with van der Waals surface area (Å²) in [5.74, 6) is -3.81. The first-order chi connectivity index (χ1) is 9.68. The van der Waals surface area contributed by atoms with Crippen LogP contribution in [0.2, 0.25) is 0 Å². The standard InChI is InChI=1S/C12H16F2N2O4S/c1-7(6-20-2)5-16-12(17)10-8(13)3-4-9(11(10)14)21(15,18)19/h3-4,7H,5-6H2,1-2H3,(H,16,17)(H2,15,18,19). The van der Waals surface area contributed by atoms with Gasteiger partial charge in [-0.15, -0.1) is 0 Å². The van der Waals surface area contributed by atoms with Crippen LogP contribution in [0.1, 0.15) is 17.3 Å². The Morgan fingerprint density at radius 1 is 1.43 bits per heavy atom. The first-order valence-corrected chi connectivity index (χ1v) is 7.51. The molecule has 1 unspecified atom stereocenters. The summed E-state index contributed by atoms with van der Waals surface area (Å²) in [5, 5.41) is 7.11. The number of hydrogen-bond donors (Lipinski definition) is 2. The average Bonchev–Trinajstić information content (AvgIpc) is 2.35. The van der Waals surface area contributed by atoms with E-state index in [0.717, 1.165) is 0 Å². The molecule has 21 heavy (non-hydrogen) atoms. The lowest BCUT2D eigenvalue weighted by Crippen LogP contribution is -2.31. The summed E-state index contributed by atoms with van der Waals surface area (Å²) < 4.78 is 54.7. The molecule has 1 aromatic rings. The van der Waals surface area contributed by atoms with Crippen molar-refractivity contribution in [1.82, 2.24) is 5.32 Å². The van der Waals surface area contributed by atoms with Crippen molar-refractivity contribution in [2.24, 2.45) is 11.1 Å². The number of rotatable bonds is 6. The largest absolute Gasteiger partial charge is 0.384 e. The molecular formula is C12H16F2N2O4S. The van der Waals surface area contributed by atoms with E-state index in [-0.39, 0.29) is 12.5 Å². The Kier molecular flexibility index (Phi) is 5.76. The highest BCUT2D eigenvalue weighted by Crippen LogP contribution is 2.20. The van der Waals surface area contributed by atoms with Gasteiger partial charge in [0, 0.05) is 13.7 Å². The maximum atomic E-state index is 14.0. The number of amides is 1. The lowest BCUT2D eigenvalue weighted by molar-refractivity contribution is 0.0925. The summed E-state index contributed by atoms with van der Waals surface area (Å²) >= 11 is 0. The van der Waals surface area contributed by atoms with Crippen molar-refractivity contribution in [1.29, 1.82) is 0 Å². The van der Waals surface area contributed by atoms with Crippen LogP contribution in [0, 0.1) is 17.6 Å². The van der Waals surface area contributed by atoms with E-state index in [1.807, 2.05) is 0 Å². The quantitative estimate of drug-likeness (QED) is 0.802. The molecular weight excluding hydrogens is 306 g/mol. The molecule has 0 saturated carbocycles. The molecule has 0 aromatic heterocycles. The van der Waals surface area contributed by atoms with Crippen LogP contribution < -0.4 is 10.5 Å². The molecule has 0 saturated heterocycles. The maximum absolute atomic E-state index is 14.0. The second-order valence-corrected chi connectivity index (χ2v) is 6.08. The number of sulfonamides is 1. The van der Waals surface area contributed by atoms with Crippen molar-refractivity contribution in [2.75, 3.05) is 20.3 Å². The molecule has 118 valence electrons. The molecule has 1 amide bonds. The number of nitrogens with one attached hydrogen (secondary N) is 1. The van der Waals surface area contributed by atoms with Gasteiger partial charge in [0.05, 0.1) is 6.61 Å². The number of carbonyl (C=O) groups excluding carboxylic acids is 1. The van der Waals surface area contributed by atoms with E-state index in [0.29, 0.717) is 18.7 Å². The highest BCUT2D eigenvalue weighted by Gasteiger charge is 2.25. The normalized spacial score (nSPS) is 13.0. The minimum atomic E-state index is -4.39. The van der Waals surface area contributed by atoms with E-state index >= 15 is 0 Å². The van der Waals surface area contributed by atoms with E-state index in [1.165, 1.54) is 7.11 Å². The number of nitrogens with two attached hydrogens (primary N) is 1. The van der Waals surface area contributed by atoms with Crippen LogP contribution in [0.4, 0.5) is 8.78 Å². The monoisotopic (exact) mass is 322 g/mol. The second kappa shape index (κ2) is 6.92. The number of benzene rings is 1. The number of ether oxygens (including phenoxy) is 1. The average molecular weight is 322 g/mol. The predicted octanol–water partition coefficient (Wildman–Crippen LogP) is 0.625. The zero-order valence-corrected chi connectivity index (χ0v) is 12.3. The Morgan fingerprint density at radius 2 is 2.05 bits per heavy atom. The fraction of sp³-hybridized carbons (Fsp3) is 0.417. The molecule has 0 fully saturated rings. The van der Waals surface area contributed by atoms with E-state index in [1.54, 1.807) is 6.92 Å². The summed E-state index contributed by atoms with van der Waals surface area (Å²) in [6.07, 6.45) is 0. The van der Waals surface area contributed by atoms with Gasteiger partial charge in [0.15, 0.2) is 5.82 Å². The van der Waals surface area contributed by atoms with Crippen molar-refractivity contribution in [3.8, 4) is 0 Å². The minimum absolute atomic E-state index is 0.0773. The molecule has 9 heteroatoms. The van der Waals surface area contributed by atoms with Gasteiger partial charge in [0.25, 0.3) is 5.91 Å². The predicted molar refractivity (Wildman–Crippen MR) is 71.1 cm³/mol. The fourth-order valence-electron chi connectivity index (χ4n) is 1.66. The Labute approximate surface area is 121 Å². The van der Waals surface area contributed by atoms with Gasteiger partial charge in [0.2, 0.25) is 10.0 Å². The molecule has 0 aliphatic rings. The Bertz CT molecular complexity index is 634. The van der Waals surface area contributed by atoms with Gasteiger partial charge in [-0.05, 0) is 18.1 Å². The van der Waals surface area contributed by atoms with Crippen LogP contribution in [-0.2, 0) is 14.8 Å². The number of carbonyl (C=O) groups is 1. The van der Waals surface area contributed by atoms with Crippen molar-refractivity contribution in [3.05, 3.63) is 29.3 Å². The second-order valence-electron chi connectivity index (χ2n) is 4.55. The Balaban J connectivity index is 3.05. The van der Waals surface area contributed by atoms with Crippen molar-refractivity contribution in [3.63, 3.8) is 0 Å². The highest BCUT2D eigenvalue weighted by atomic mass is 32.2. The molecule has 1 atom stereocenters. The zero-order chi connectivity index (χ0) is 16.2.